The van der Waals surface area contributed by atoms with Crippen LogP contribution < -0.4 is 33.3 Å². The van der Waals surface area contributed by atoms with Crippen molar-refractivity contribution in [3.8, 4) is 73.3 Å². The van der Waals surface area contributed by atoms with Gasteiger partial charge in [0.2, 0.25) is 0 Å². The van der Waals surface area contributed by atoms with Crippen LogP contribution in [-0.4, -0.2) is 50.7 Å². The van der Waals surface area contributed by atoms with Crippen LogP contribution >= 0.6 is 11.3 Å². The maximum absolute atomic E-state index is 11.8. The molecule has 6 aromatic rings. The van der Waals surface area contributed by atoms with Crippen LogP contribution in [0.5, 0.6) is 34.5 Å². The standard InChI is InChI=1S/C64H76N2O8S/c1-5-9-13-17-37-69-54-33-35-56(58(44-54)71-39-19-15-11-7-3)47-21-27-51(28-22-47)66(53-31-25-49(26-32-53)63-62-61(73-41-42-74-62)60(75-63)43-50(46-65)64(67)68)52-29-23-48(24-30-52)57-36-34-55(70-38-18-14-10-6-2)45-59(57)72-40-20-16-12-8-4/h21-36,43-45H,5-20,37-42H2,1-4H3,(H,67,68)/b50-43+. The first-order chi connectivity index (χ1) is 36.8. The Morgan fingerprint density at radius 1 is 0.547 bits per heavy atom. The minimum atomic E-state index is -1.30. The molecule has 5 aromatic carbocycles. The van der Waals surface area contributed by atoms with E-state index in [-0.39, 0.29) is 5.57 Å². The molecule has 0 fully saturated rings. The monoisotopic (exact) mass is 1030 g/mol. The van der Waals surface area contributed by atoms with Gasteiger partial charge in [-0.05, 0) is 109 Å². The molecule has 0 atom stereocenters. The Balaban J connectivity index is 1.23. The van der Waals surface area contributed by atoms with Gasteiger partial charge in [-0.3, -0.25) is 0 Å². The van der Waals surface area contributed by atoms with E-state index in [2.05, 4.69) is 118 Å². The number of hydrogen-bond donors (Lipinski definition) is 1. The molecule has 0 saturated heterocycles. The van der Waals surface area contributed by atoms with Crippen molar-refractivity contribution in [1.82, 2.24) is 0 Å². The molecular formula is C64H76N2O8S. The summed E-state index contributed by atoms with van der Waals surface area (Å²) >= 11 is 1.34. The number of nitriles is 1. The highest BCUT2D eigenvalue weighted by Gasteiger charge is 2.26. The van der Waals surface area contributed by atoms with Gasteiger partial charge in [-0.1, -0.05) is 141 Å². The number of carboxylic acid groups (broad SMARTS) is 1. The van der Waals surface area contributed by atoms with Crippen LogP contribution in [0.15, 0.2) is 115 Å². The summed E-state index contributed by atoms with van der Waals surface area (Å²) in [5, 5.41) is 19.2. The second kappa shape index (κ2) is 29.9. The number of thiophene rings is 1. The van der Waals surface area contributed by atoms with E-state index in [4.69, 9.17) is 28.4 Å². The number of aliphatic carboxylic acids is 1. The van der Waals surface area contributed by atoms with E-state index in [0.717, 1.165) is 124 Å². The molecule has 1 aromatic heterocycles. The van der Waals surface area contributed by atoms with Crippen LogP contribution in [0.25, 0.3) is 38.8 Å². The molecule has 2 heterocycles. The van der Waals surface area contributed by atoms with Crippen molar-refractivity contribution in [3.05, 3.63) is 120 Å². The first-order valence-corrected chi connectivity index (χ1v) is 28.3. The number of carboxylic acids is 1. The molecule has 0 radical (unpaired) electrons. The summed E-state index contributed by atoms with van der Waals surface area (Å²) in [5.41, 5.74) is 7.43. The number of rotatable bonds is 32. The van der Waals surface area contributed by atoms with E-state index in [9.17, 15) is 15.2 Å². The third kappa shape index (κ3) is 15.8. The Kier molecular flexibility index (Phi) is 22.2. The molecule has 7 rings (SSSR count). The lowest BCUT2D eigenvalue weighted by atomic mass is 10.0. The zero-order valence-corrected chi connectivity index (χ0v) is 45.5. The lowest BCUT2D eigenvalue weighted by Gasteiger charge is -2.26. The first kappa shape index (κ1) is 55.8. The smallest absolute Gasteiger partial charge is 0.346 e. The van der Waals surface area contributed by atoms with Crippen molar-refractivity contribution in [2.75, 3.05) is 44.5 Å². The second-order valence-corrected chi connectivity index (χ2v) is 20.1. The number of unbranched alkanes of at least 4 members (excludes halogenated alkanes) is 12. The third-order valence-corrected chi connectivity index (χ3v) is 14.4. The summed E-state index contributed by atoms with van der Waals surface area (Å²) in [5.74, 6) is 2.98. The average Bonchev–Trinajstić information content (AvgIpc) is 3.81. The molecule has 0 amide bonds. The van der Waals surface area contributed by atoms with Gasteiger partial charge in [0.1, 0.15) is 47.9 Å². The van der Waals surface area contributed by atoms with Crippen LogP contribution in [0.2, 0.25) is 0 Å². The molecule has 1 aliphatic rings. The predicted molar refractivity (Wildman–Crippen MR) is 306 cm³/mol. The summed E-state index contributed by atoms with van der Waals surface area (Å²) in [6.45, 7) is 12.2. The summed E-state index contributed by atoms with van der Waals surface area (Å²) in [7, 11) is 0. The van der Waals surface area contributed by atoms with E-state index < -0.39 is 5.97 Å². The number of hydrogen-bond acceptors (Lipinski definition) is 10. The Hall–Kier alpha value is -6.90. The van der Waals surface area contributed by atoms with E-state index in [1.54, 1.807) is 6.07 Å². The van der Waals surface area contributed by atoms with Crippen molar-refractivity contribution >= 4 is 40.4 Å². The SMILES string of the molecule is CCCCCCOc1ccc(-c2ccc(N(c3ccc(-c4ccc(OCCCCCC)cc4OCCCCCC)cc3)c3ccc(-c4sc(/C=C(\C#N)C(=O)O)c5c4OCCO5)cc3)cc2)c(OCCCCCC)c1. The lowest BCUT2D eigenvalue weighted by Crippen LogP contribution is -2.15. The van der Waals surface area contributed by atoms with Crippen molar-refractivity contribution in [2.45, 2.75) is 130 Å². The predicted octanol–water partition coefficient (Wildman–Crippen LogP) is 17.8. The fourth-order valence-electron chi connectivity index (χ4n) is 9.08. The van der Waals surface area contributed by atoms with E-state index >= 15 is 0 Å². The molecule has 0 unspecified atom stereocenters. The minimum Gasteiger partial charge on any atom is -0.493 e. The highest BCUT2D eigenvalue weighted by Crippen LogP contribution is 2.51. The summed E-state index contributed by atoms with van der Waals surface area (Å²) in [6, 6.07) is 39.7. The first-order valence-electron chi connectivity index (χ1n) is 27.5. The van der Waals surface area contributed by atoms with Gasteiger partial charge in [0.05, 0.1) is 36.2 Å². The Labute approximate surface area is 449 Å². The van der Waals surface area contributed by atoms with Gasteiger partial charge in [0, 0.05) is 40.3 Å². The van der Waals surface area contributed by atoms with Gasteiger partial charge in [0.15, 0.2) is 11.5 Å². The number of ether oxygens (including phenoxy) is 6. The highest BCUT2D eigenvalue weighted by atomic mass is 32.1. The topological polar surface area (TPSA) is 120 Å². The van der Waals surface area contributed by atoms with Crippen LogP contribution in [0.3, 0.4) is 0 Å². The normalized spacial score (nSPS) is 12.0. The van der Waals surface area contributed by atoms with Gasteiger partial charge < -0.3 is 38.4 Å². The van der Waals surface area contributed by atoms with Gasteiger partial charge in [-0.15, -0.1) is 11.3 Å². The van der Waals surface area contributed by atoms with E-state index in [0.29, 0.717) is 56.0 Å². The minimum absolute atomic E-state index is 0.322. The molecule has 11 heteroatoms. The third-order valence-electron chi connectivity index (χ3n) is 13.3. The maximum atomic E-state index is 11.8. The highest BCUT2D eigenvalue weighted by molar-refractivity contribution is 7.17. The molecule has 1 aliphatic heterocycles. The van der Waals surface area contributed by atoms with Crippen molar-refractivity contribution in [2.24, 2.45) is 0 Å². The van der Waals surface area contributed by atoms with E-state index in [1.807, 2.05) is 24.3 Å². The Morgan fingerprint density at radius 3 is 1.35 bits per heavy atom. The number of benzene rings is 5. The number of fused-ring (bicyclic) bond motifs is 1. The zero-order chi connectivity index (χ0) is 52.6. The Morgan fingerprint density at radius 2 is 0.947 bits per heavy atom. The van der Waals surface area contributed by atoms with Crippen molar-refractivity contribution in [1.29, 1.82) is 5.26 Å². The van der Waals surface area contributed by atoms with E-state index in [1.165, 1.54) is 68.8 Å². The van der Waals surface area contributed by atoms with Crippen molar-refractivity contribution in [3.63, 3.8) is 0 Å². The molecule has 0 saturated carbocycles. The fourth-order valence-corrected chi connectivity index (χ4v) is 10.2. The molecule has 396 valence electrons. The number of nitrogens with zero attached hydrogens (tertiary/aromatic N) is 2. The lowest BCUT2D eigenvalue weighted by molar-refractivity contribution is -0.132. The van der Waals surface area contributed by atoms with Crippen LogP contribution in [0.1, 0.15) is 135 Å². The van der Waals surface area contributed by atoms with Crippen LogP contribution in [-0.2, 0) is 4.79 Å². The van der Waals surface area contributed by atoms with Gasteiger partial charge in [-0.2, -0.15) is 5.26 Å². The molecule has 0 aliphatic carbocycles. The average molecular weight is 1030 g/mol. The molecule has 1 N–H and O–H groups in total. The molecular weight excluding hydrogens is 957 g/mol. The van der Waals surface area contributed by atoms with Crippen LogP contribution in [0, 0.1) is 11.3 Å². The second-order valence-electron chi connectivity index (χ2n) is 19.1. The number of carbonyl (C=O) groups is 1. The molecule has 0 spiro atoms. The largest absolute Gasteiger partial charge is 0.493 e. The van der Waals surface area contributed by atoms with Gasteiger partial charge >= 0.3 is 5.97 Å². The van der Waals surface area contributed by atoms with Crippen molar-refractivity contribution < 1.29 is 38.3 Å². The Bertz CT molecular complexity index is 2660. The van der Waals surface area contributed by atoms with Crippen LogP contribution in [0.4, 0.5) is 17.1 Å². The summed E-state index contributed by atoms with van der Waals surface area (Å²) in [4.78, 5) is 15.4. The quantitative estimate of drug-likeness (QED) is 0.0248. The van der Waals surface area contributed by atoms with Gasteiger partial charge in [0.25, 0.3) is 0 Å². The summed E-state index contributed by atoms with van der Waals surface area (Å²) in [6.07, 6.45) is 19.5. The number of anilines is 3. The fraction of sp³-hybridized carbons (Fsp3) is 0.406. The summed E-state index contributed by atoms with van der Waals surface area (Å²) < 4.78 is 37.6. The zero-order valence-electron chi connectivity index (χ0n) is 44.6. The molecule has 75 heavy (non-hydrogen) atoms. The molecule has 0 bridgehead atoms. The van der Waals surface area contributed by atoms with Gasteiger partial charge in [-0.25, -0.2) is 4.79 Å². The molecule has 10 nitrogen and oxygen atoms in total. The maximum Gasteiger partial charge on any atom is 0.346 e.